The van der Waals surface area contributed by atoms with E-state index >= 15 is 0 Å². The van der Waals surface area contributed by atoms with Gasteiger partial charge in [-0.1, -0.05) is 86.6 Å². The molecule has 31 heavy (non-hydrogen) atoms. The third-order valence-corrected chi connectivity index (χ3v) is 7.11. The summed E-state index contributed by atoms with van der Waals surface area (Å²) in [6.45, 7) is 23.0. The van der Waals surface area contributed by atoms with E-state index in [-0.39, 0.29) is 40.0 Å². The molecule has 1 aliphatic rings. The van der Waals surface area contributed by atoms with Gasteiger partial charge in [0.25, 0.3) is 0 Å². The highest BCUT2D eigenvalue weighted by Gasteiger charge is 2.36. The molecule has 4 nitrogen and oxygen atoms in total. The zero-order valence-corrected chi connectivity index (χ0v) is 21.8. The van der Waals surface area contributed by atoms with Gasteiger partial charge in [0.05, 0.1) is 13.2 Å². The number of allylic oxidation sites excluding steroid dienone is 4. The molecule has 1 heterocycles. The van der Waals surface area contributed by atoms with Crippen molar-refractivity contribution in [2.75, 3.05) is 13.2 Å². The highest BCUT2D eigenvalue weighted by atomic mass is 16.7. The molecule has 0 spiro atoms. The van der Waals surface area contributed by atoms with E-state index in [2.05, 4.69) is 86.6 Å². The molecule has 0 radical (unpaired) electrons. The molecular formula is C27H48O4. The Balaban J connectivity index is 2.61. The number of hydrogen-bond donors (Lipinski definition) is 0. The summed E-state index contributed by atoms with van der Waals surface area (Å²) in [5, 5.41) is 0. The Bertz CT molecular complexity index is 617. The van der Waals surface area contributed by atoms with Crippen molar-refractivity contribution >= 4 is 5.97 Å². The number of hydrogen-bond acceptors (Lipinski definition) is 4. The number of ether oxygens (including phenoxy) is 3. The Morgan fingerprint density at radius 3 is 2.06 bits per heavy atom. The Labute approximate surface area is 191 Å². The van der Waals surface area contributed by atoms with Crippen LogP contribution in [0.4, 0.5) is 0 Å². The first-order valence-electron chi connectivity index (χ1n) is 11.9. The van der Waals surface area contributed by atoms with E-state index in [4.69, 9.17) is 14.2 Å². The Morgan fingerprint density at radius 1 is 0.935 bits per heavy atom. The first-order chi connectivity index (χ1) is 14.1. The second-order valence-electron chi connectivity index (χ2n) is 11.7. The zero-order valence-electron chi connectivity index (χ0n) is 21.8. The van der Waals surface area contributed by atoms with E-state index < -0.39 is 0 Å². The molecule has 0 amide bonds. The molecule has 0 aromatic carbocycles. The summed E-state index contributed by atoms with van der Waals surface area (Å²) >= 11 is 0. The van der Waals surface area contributed by atoms with Gasteiger partial charge in [0, 0.05) is 6.42 Å². The lowest BCUT2D eigenvalue weighted by Gasteiger charge is -2.40. The number of carbonyl (C=O) groups excluding carboxylic acids is 1. The summed E-state index contributed by atoms with van der Waals surface area (Å²) in [6, 6.07) is 0. The highest BCUT2D eigenvalue weighted by Crippen LogP contribution is 2.44. The molecule has 180 valence electrons. The third-order valence-electron chi connectivity index (χ3n) is 7.11. The predicted octanol–water partition coefficient (Wildman–Crippen LogP) is 7.09. The summed E-state index contributed by atoms with van der Waals surface area (Å²) in [5.41, 5.74) is 0.241. The lowest BCUT2D eigenvalue weighted by Crippen LogP contribution is -2.38. The quantitative estimate of drug-likeness (QED) is 0.256. The topological polar surface area (TPSA) is 44.8 Å². The SMILES string of the molecule is CCC(C)(C)/C=C\CC(C)(C)/C=C\C(C)(C)C(C)(C)CCC(=O)OC1COC(C)OC1. The van der Waals surface area contributed by atoms with E-state index in [1.165, 1.54) is 0 Å². The molecule has 0 saturated carbocycles. The minimum Gasteiger partial charge on any atom is -0.457 e. The first kappa shape index (κ1) is 27.9. The van der Waals surface area contributed by atoms with Crippen molar-refractivity contribution in [1.29, 1.82) is 0 Å². The minimum absolute atomic E-state index is 0.0489. The standard InChI is InChI=1S/C27H48O4/c1-11-24(3,4)14-12-15-25(5,6)17-18-27(9,10)26(7,8)16-13-23(28)31-22-19-29-21(2)30-20-22/h12,14,17-18,21-22H,11,13,15-16,19-20H2,1-10H3/b14-12-,18-17-. The van der Waals surface area contributed by atoms with E-state index in [0.717, 1.165) is 19.3 Å². The lowest BCUT2D eigenvalue weighted by atomic mass is 9.65. The van der Waals surface area contributed by atoms with Gasteiger partial charge in [-0.25, -0.2) is 0 Å². The molecule has 1 fully saturated rings. The van der Waals surface area contributed by atoms with Crippen LogP contribution in [0, 0.1) is 21.7 Å². The van der Waals surface area contributed by atoms with Gasteiger partial charge in [-0.3, -0.25) is 4.79 Å². The Kier molecular flexibility index (Phi) is 10.0. The van der Waals surface area contributed by atoms with Crippen LogP contribution < -0.4 is 0 Å². The molecule has 0 unspecified atom stereocenters. The fourth-order valence-electron chi connectivity index (χ4n) is 3.16. The molecule has 0 N–H and O–H groups in total. The van der Waals surface area contributed by atoms with Crippen molar-refractivity contribution < 1.29 is 19.0 Å². The normalized spacial score (nSPS) is 21.7. The summed E-state index contributed by atoms with van der Waals surface area (Å²) in [5.74, 6) is -0.177. The summed E-state index contributed by atoms with van der Waals surface area (Å²) in [6.07, 6.45) is 12.1. The monoisotopic (exact) mass is 436 g/mol. The van der Waals surface area contributed by atoms with Crippen LogP contribution >= 0.6 is 0 Å². The van der Waals surface area contributed by atoms with Crippen molar-refractivity contribution in [3.8, 4) is 0 Å². The highest BCUT2D eigenvalue weighted by molar-refractivity contribution is 5.69. The fourth-order valence-corrected chi connectivity index (χ4v) is 3.16. The van der Waals surface area contributed by atoms with Crippen molar-refractivity contribution in [3.63, 3.8) is 0 Å². The van der Waals surface area contributed by atoms with Gasteiger partial charge in [0.1, 0.15) is 6.10 Å². The van der Waals surface area contributed by atoms with Crippen LogP contribution in [0.5, 0.6) is 0 Å². The molecule has 4 heteroatoms. The zero-order chi connectivity index (χ0) is 23.9. The molecule has 0 aliphatic carbocycles. The van der Waals surface area contributed by atoms with Gasteiger partial charge < -0.3 is 14.2 Å². The summed E-state index contributed by atoms with van der Waals surface area (Å²) in [4.78, 5) is 12.3. The van der Waals surface area contributed by atoms with Crippen LogP contribution in [0.3, 0.4) is 0 Å². The average molecular weight is 437 g/mol. The molecular weight excluding hydrogens is 388 g/mol. The Morgan fingerprint density at radius 2 is 1.52 bits per heavy atom. The molecule has 1 rings (SSSR count). The van der Waals surface area contributed by atoms with E-state index in [9.17, 15) is 4.79 Å². The Hall–Kier alpha value is -1.13. The lowest BCUT2D eigenvalue weighted by molar-refractivity contribution is -0.218. The maximum atomic E-state index is 12.3. The van der Waals surface area contributed by atoms with Crippen LogP contribution in [-0.2, 0) is 19.0 Å². The van der Waals surface area contributed by atoms with Gasteiger partial charge in [-0.05, 0) is 47.8 Å². The van der Waals surface area contributed by atoms with E-state index in [1.807, 2.05) is 6.92 Å². The van der Waals surface area contributed by atoms with Crippen molar-refractivity contribution in [1.82, 2.24) is 0 Å². The molecule has 1 aliphatic heterocycles. The average Bonchev–Trinajstić information content (AvgIpc) is 2.66. The van der Waals surface area contributed by atoms with Crippen molar-refractivity contribution in [2.45, 2.75) is 107 Å². The fraction of sp³-hybridized carbons (Fsp3) is 0.815. The number of rotatable bonds is 11. The van der Waals surface area contributed by atoms with Crippen LogP contribution in [-0.4, -0.2) is 31.6 Å². The summed E-state index contributed by atoms with van der Waals surface area (Å²) < 4.78 is 16.3. The molecule has 1 saturated heterocycles. The van der Waals surface area contributed by atoms with Gasteiger partial charge in [-0.2, -0.15) is 0 Å². The number of esters is 1. The van der Waals surface area contributed by atoms with Crippen molar-refractivity contribution in [2.24, 2.45) is 21.7 Å². The summed E-state index contributed by atoms with van der Waals surface area (Å²) in [7, 11) is 0. The molecule has 0 aromatic rings. The van der Waals surface area contributed by atoms with Gasteiger partial charge in [0.2, 0.25) is 0 Å². The van der Waals surface area contributed by atoms with Crippen molar-refractivity contribution in [3.05, 3.63) is 24.3 Å². The van der Waals surface area contributed by atoms with Gasteiger partial charge in [0.15, 0.2) is 6.29 Å². The second kappa shape index (κ2) is 11.1. The predicted molar refractivity (Wildman–Crippen MR) is 129 cm³/mol. The van der Waals surface area contributed by atoms with E-state index in [0.29, 0.717) is 19.6 Å². The molecule has 0 bridgehead atoms. The smallest absolute Gasteiger partial charge is 0.306 e. The first-order valence-corrected chi connectivity index (χ1v) is 11.9. The number of carbonyl (C=O) groups is 1. The largest absolute Gasteiger partial charge is 0.457 e. The van der Waals surface area contributed by atoms with Crippen LogP contribution in [0.25, 0.3) is 0 Å². The van der Waals surface area contributed by atoms with Crippen LogP contribution in [0.2, 0.25) is 0 Å². The minimum atomic E-state index is -0.300. The van der Waals surface area contributed by atoms with Crippen LogP contribution in [0.15, 0.2) is 24.3 Å². The maximum absolute atomic E-state index is 12.3. The van der Waals surface area contributed by atoms with Gasteiger partial charge in [-0.15, -0.1) is 0 Å². The van der Waals surface area contributed by atoms with E-state index in [1.54, 1.807) is 0 Å². The van der Waals surface area contributed by atoms with Crippen LogP contribution in [0.1, 0.15) is 94.9 Å². The third kappa shape index (κ3) is 9.91. The second-order valence-corrected chi connectivity index (χ2v) is 11.7. The van der Waals surface area contributed by atoms with Gasteiger partial charge >= 0.3 is 5.97 Å². The molecule has 0 atom stereocenters. The maximum Gasteiger partial charge on any atom is 0.306 e. The molecule has 0 aromatic heterocycles.